The molecular formula is C20H17N4OS+. The molecule has 26 heavy (non-hydrogen) atoms. The maximum Gasteiger partial charge on any atom is 0.305 e. The summed E-state index contributed by atoms with van der Waals surface area (Å²) in [6.45, 7) is 0. The molecule has 0 spiro atoms. The number of nitrogens with zero attached hydrogens (tertiary/aromatic N) is 1. The van der Waals surface area contributed by atoms with Gasteiger partial charge in [0.2, 0.25) is 5.91 Å². The van der Waals surface area contributed by atoms with Crippen LogP contribution in [0.15, 0.2) is 59.4 Å². The second kappa shape index (κ2) is 6.07. The van der Waals surface area contributed by atoms with Crippen LogP contribution in [-0.2, 0) is 4.79 Å². The predicted molar refractivity (Wildman–Crippen MR) is 102 cm³/mol. The van der Waals surface area contributed by atoms with Crippen LogP contribution in [0.2, 0.25) is 0 Å². The van der Waals surface area contributed by atoms with Gasteiger partial charge in [-0.15, -0.1) is 11.3 Å². The second-order valence-corrected chi connectivity index (χ2v) is 7.33. The van der Waals surface area contributed by atoms with Crippen LogP contribution in [0.5, 0.6) is 0 Å². The van der Waals surface area contributed by atoms with E-state index in [1.165, 1.54) is 5.56 Å². The summed E-state index contributed by atoms with van der Waals surface area (Å²) in [5.41, 5.74) is 6.68. The van der Waals surface area contributed by atoms with E-state index in [1.54, 1.807) is 16.8 Å². The third kappa shape index (κ3) is 2.78. The lowest BCUT2D eigenvalue weighted by Gasteiger charge is -2.04. The minimum absolute atomic E-state index is 0.0638. The van der Waals surface area contributed by atoms with Gasteiger partial charge in [-0.3, -0.25) is 4.79 Å². The zero-order chi connectivity index (χ0) is 17.5. The summed E-state index contributed by atoms with van der Waals surface area (Å²) < 4.78 is 0. The van der Waals surface area contributed by atoms with Crippen molar-refractivity contribution >= 4 is 34.0 Å². The number of anilines is 1. The molecule has 2 unspecified atom stereocenters. The summed E-state index contributed by atoms with van der Waals surface area (Å²) in [6, 6.07) is 16.1. The Labute approximate surface area is 154 Å². The number of imidazole rings is 1. The van der Waals surface area contributed by atoms with Gasteiger partial charge in [0.1, 0.15) is 0 Å². The van der Waals surface area contributed by atoms with E-state index in [-0.39, 0.29) is 11.8 Å². The zero-order valence-corrected chi connectivity index (χ0v) is 14.7. The lowest BCUT2D eigenvalue weighted by molar-refractivity contribution is -0.330. The lowest BCUT2D eigenvalue weighted by Crippen LogP contribution is -2.14. The molecule has 2 aromatic heterocycles. The number of hydrogen-bond donors (Lipinski definition) is 2. The number of nitrogens with one attached hydrogen (secondary N) is 3. The largest absolute Gasteiger partial charge is 0.326 e. The van der Waals surface area contributed by atoms with E-state index in [2.05, 4.69) is 32.4 Å². The topological polar surface area (TPSA) is 71.9 Å². The van der Waals surface area contributed by atoms with Gasteiger partial charge in [-0.25, -0.2) is 15.0 Å². The molecule has 1 aliphatic rings. The van der Waals surface area contributed by atoms with Crippen LogP contribution >= 0.6 is 11.3 Å². The summed E-state index contributed by atoms with van der Waals surface area (Å²) in [6.07, 6.45) is 0.919. The number of carbonyl (C=O) groups is 1. The quantitative estimate of drug-likeness (QED) is 0.579. The van der Waals surface area contributed by atoms with Crippen molar-refractivity contribution in [1.29, 1.82) is 0 Å². The van der Waals surface area contributed by atoms with Crippen LogP contribution in [0, 0.1) is 5.92 Å². The summed E-state index contributed by atoms with van der Waals surface area (Å²) in [4.78, 5) is 23.5. The van der Waals surface area contributed by atoms with E-state index < -0.39 is 0 Å². The molecule has 4 aromatic rings. The van der Waals surface area contributed by atoms with Crippen LogP contribution in [0.25, 0.3) is 22.6 Å². The minimum Gasteiger partial charge on any atom is -0.326 e. The number of benzene rings is 2. The highest BCUT2D eigenvalue weighted by atomic mass is 32.1. The van der Waals surface area contributed by atoms with Gasteiger partial charge < -0.3 is 5.32 Å². The molecule has 1 fully saturated rings. The van der Waals surface area contributed by atoms with Crippen LogP contribution in [0.1, 0.15) is 17.9 Å². The molecule has 0 aliphatic heterocycles. The Morgan fingerprint density at radius 1 is 1.23 bits per heavy atom. The van der Waals surface area contributed by atoms with E-state index in [0.29, 0.717) is 5.92 Å². The third-order valence-corrected chi connectivity index (χ3v) is 5.44. The molecule has 0 bridgehead atoms. The van der Waals surface area contributed by atoms with E-state index in [1.807, 2.05) is 41.8 Å². The second-order valence-electron chi connectivity index (χ2n) is 6.61. The number of hydrogen-bond acceptors (Lipinski definition) is 3. The fourth-order valence-electron chi connectivity index (χ4n) is 3.39. The van der Waals surface area contributed by atoms with Crippen molar-refractivity contribution in [3.63, 3.8) is 0 Å². The molecule has 6 heteroatoms. The van der Waals surface area contributed by atoms with Gasteiger partial charge in [-0.2, -0.15) is 0 Å². The Hall–Kier alpha value is -2.99. The number of H-pyrrole nitrogens is 2. The fourth-order valence-corrected chi connectivity index (χ4v) is 3.93. The average Bonchev–Trinajstić information content (AvgIpc) is 3.08. The Morgan fingerprint density at radius 3 is 2.92 bits per heavy atom. The number of aromatic nitrogens is 3. The number of carbonyl (C=O) groups excluding carboxylic acids is 1. The SMILES string of the molecule is O=C(Nc1ccc2[nH+]c(-c3cscn3)[nH]c2c1)C1CC1c1ccccc1. The van der Waals surface area contributed by atoms with Gasteiger partial charge >= 0.3 is 5.82 Å². The molecule has 128 valence electrons. The van der Waals surface area contributed by atoms with Crippen molar-refractivity contribution in [3.05, 3.63) is 65.0 Å². The van der Waals surface area contributed by atoms with Crippen molar-refractivity contribution < 1.29 is 9.78 Å². The summed E-state index contributed by atoms with van der Waals surface area (Å²) in [5, 5.41) is 5.04. The number of fused-ring (bicyclic) bond motifs is 1. The van der Waals surface area contributed by atoms with Crippen molar-refractivity contribution in [1.82, 2.24) is 9.97 Å². The van der Waals surface area contributed by atoms with Gasteiger partial charge in [0.05, 0.1) is 5.51 Å². The van der Waals surface area contributed by atoms with Crippen molar-refractivity contribution in [2.24, 2.45) is 5.92 Å². The monoisotopic (exact) mass is 361 g/mol. The van der Waals surface area contributed by atoms with E-state index in [0.717, 1.165) is 34.7 Å². The van der Waals surface area contributed by atoms with Crippen molar-refractivity contribution in [3.8, 4) is 11.5 Å². The Morgan fingerprint density at radius 2 is 2.12 bits per heavy atom. The average molecular weight is 361 g/mol. The standard InChI is InChI=1S/C20H16N4OS/c25-20(15-9-14(15)12-4-2-1-3-5-12)22-13-6-7-16-17(8-13)24-19(23-16)18-10-26-11-21-18/h1-8,10-11,14-15H,9H2,(H,22,25)(H,23,24)/p+1. The molecular weight excluding hydrogens is 344 g/mol. The number of aromatic amines is 2. The highest BCUT2D eigenvalue weighted by Gasteiger charge is 2.43. The number of amides is 1. The molecule has 5 rings (SSSR count). The predicted octanol–water partition coefficient (Wildman–Crippen LogP) is 3.85. The van der Waals surface area contributed by atoms with Gasteiger partial charge in [0.15, 0.2) is 16.7 Å². The third-order valence-electron chi connectivity index (χ3n) is 4.85. The Balaban J connectivity index is 1.33. The highest BCUT2D eigenvalue weighted by molar-refractivity contribution is 7.07. The molecule has 1 amide bonds. The van der Waals surface area contributed by atoms with Crippen molar-refractivity contribution in [2.45, 2.75) is 12.3 Å². The maximum absolute atomic E-state index is 12.5. The van der Waals surface area contributed by atoms with Gasteiger partial charge in [0, 0.05) is 23.1 Å². The van der Waals surface area contributed by atoms with Gasteiger partial charge in [-0.05, 0) is 30.0 Å². The fraction of sp³-hybridized carbons (Fsp3) is 0.150. The first-order chi connectivity index (χ1) is 12.8. The molecule has 2 atom stereocenters. The highest BCUT2D eigenvalue weighted by Crippen LogP contribution is 2.47. The van der Waals surface area contributed by atoms with Crippen molar-refractivity contribution in [2.75, 3.05) is 5.32 Å². The molecule has 1 aliphatic carbocycles. The minimum atomic E-state index is 0.0638. The molecule has 0 radical (unpaired) electrons. The number of rotatable bonds is 4. The van der Waals surface area contributed by atoms with Crippen LogP contribution in [-0.4, -0.2) is 15.9 Å². The van der Waals surface area contributed by atoms with E-state index in [9.17, 15) is 4.79 Å². The van der Waals surface area contributed by atoms with Crippen LogP contribution < -0.4 is 10.3 Å². The smallest absolute Gasteiger partial charge is 0.305 e. The molecule has 2 heterocycles. The summed E-state index contributed by atoms with van der Waals surface area (Å²) in [5.74, 6) is 1.37. The first-order valence-corrected chi connectivity index (χ1v) is 9.51. The molecule has 2 aromatic carbocycles. The van der Waals surface area contributed by atoms with Gasteiger partial charge in [0.25, 0.3) is 0 Å². The maximum atomic E-state index is 12.5. The zero-order valence-electron chi connectivity index (χ0n) is 13.9. The normalized spacial score (nSPS) is 18.8. The first-order valence-electron chi connectivity index (χ1n) is 8.57. The molecule has 3 N–H and O–H groups in total. The molecule has 1 saturated carbocycles. The molecule has 5 nitrogen and oxygen atoms in total. The summed E-state index contributed by atoms with van der Waals surface area (Å²) >= 11 is 1.56. The van der Waals surface area contributed by atoms with Gasteiger partial charge in [-0.1, -0.05) is 30.3 Å². The molecule has 0 saturated heterocycles. The van der Waals surface area contributed by atoms with Crippen LogP contribution in [0.3, 0.4) is 0 Å². The summed E-state index contributed by atoms with van der Waals surface area (Å²) in [7, 11) is 0. The number of thiazole rings is 1. The Bertz CT molecular complexity index is 1070. The van der Waals surface area contributed by atoms with Crippen LogP contribution in [0.4, 0.5) is 5.69 Å². The lowest BCUT2D eigenvalue weighted by atomic mass is 10.1. The first kappa shape index (κ1) is 15.3. The van der Waals surface area contributed by atoms with E-state index >= 15 is 0 Å². The van der Waals surface area contributed by atoms with E-state index in [4.69, 9.17) is 0 Å². The Kier molecular flexibility index (Phi) is 3.57.